The Kier molecular flexibility index (Phi) is 5.10. The van der Waals surface area contributed by atoms with Crippen molar-refractivity contribution in [3.63, 3.8) is 0 Å². The van der Waals surface area contributed by atoms with E-state index in [-0.39, 0.29) is 11.9 Å². The lowest BCUT2D eigenvalue weighted by molar-refractivity contribution is 0.832. The molecule has 0 saturated carbocycles. The van der Waals surface area contributed by atoms with Crippen LogP contribution in [0, 0.1) is 0 Å². The lowest BCUT2D eigenvalue weighted by Gasteiger charge is -2.04. The van der Waals surface area contributed by atoms with Crippen molar-refractivity contribution in [2.24, 2.45) is 23.5 Å². The van der Waals surface area contributed by atoms with E-state index in [0.717, 1.165) is 16.9 Å². The summed E-state index contributed by atoms with van der Waals surface area (Å²) in [5.74, 6) is 0.352. The highest BCUT2D eigenvalue weighted by molar-refractivity contribution is 5.86. The number of nitrogens with zero attached hydrogens (tertiary/aromatic N) is 5. The van der Waals surface area contributed by atoms with Crippen molar-refractivity contribution in [2.75, 3.05) is 19.5 Å². The summed E-state index contributed by atoms with van der Waals surface area (Å²) in [5.41, 5.74) is 18.7. The van der Waals surface area contributed by atoms with Gasteiger partial charge in [0.25, 0.3) is 0 Å². The Balaban J connectivity index is 0.000000236. The fourth-order valence-corrected chi connectivity index (χ4v) is 1.91. The van der Waals surface area contributed by atoms with E-state index in [9.17, 15) is 0 Å². The Morgan fingerprint density at radius 2 is 2.17 bits per heavy atom. The van der Waals surface area contributed by atoms with Crippen LogP contribution < -0.4 is 22.5 Å². The molecule has 0 aliphatic carbocycles. The van der Waals surface area contributed by atoms with Gasteiger partial charge in [-0.25, -0.2) is 15.0 Å². The van der Waals surface area contributed by atoms with Gasteiger partial charge in [-0.2, -0.15) is 4.98 Å². The van der Waals surface area contributed by atoms with Crippen molar-refractivity contribution in [3.8, 4) is 11.4 Å². The summed E-state index contributed by atoms with van der Waals surface area (Å²) in [6.07, 6.45) is 3.54. The average molecular weight is 316 g/mol. The van der Waals surface area contributed by atoms with Crippen molar-refractivity contribution in [3.05, 3.63) is 24.7 Å². The summed E-state index contributed by atoms with van der Waals surface area (Å²) in [4.78, 5) is 19.0. The van der Waals surface area contributed by atoms with Crippen LogP contribution in [-0.2, 0) is 7.05 Å². The van der Waals surface area contributed by atoms with Crippen LogP contribution in [0.1, 0.15) is 0 Å². The van der Waals surface area contributed by atoms with E-state index in [2.05, 4.69) is 30.2 Å². The van der Waals surface area contributed by atoms with Crippen molar-refractivity contribution >= 4 is 23.1 Å². The Labute approximate surface area is 132 Å². The topological polar surface area (TPSA) is 162 Å². The molecule has 0 saturated heterocycles. The molecule has 0 spiro atoms. The number of aliphatic imine (C=N–C) groups is 1. The van der Waals surface area contributed by atoms with E-state index in [1.165, 1.54) is 0 Å². The first-order valence-electron chi connectivity index (χ1n) is 6.81. The summed E-state index contributed by atoms with van der Waals surface area (Å²) in [6.45, 7) is 0.488. The maximum Gasteiger partial charge on any atom is 0.222 e. The molecule has 0 bridgehead atoms. The number of imidazole rings is 1. The number of guanidine groups is 1. The third-order valence-electron chi connectivity index (χ3n) is 2.91. The van der Waals surface area contributed by atoms with Gasteiger partial charge >= 0.3 is 0 Å². The minimum Gasteiger partial charge on any atom is -0.370 e. The summed E-state index contributed by atoms with van der Waals surface area (Å²) in [5, 5.41) is 2.75. The fourth-order valence-electron chi connectivity index (χ4n) is 1.91. The number of fused-ring (bicyclic) bond motifs is 1. The maximum absolute atomic E-state index is 5.65. The van der Waals surface area contributed by atoms with Gasteiger partial charge < -0.3 is 32.1 Å². The van der Waals surface area contributed by atoms with E-state index in [1.54, 1.807) is 13.4 Å². The van der Waals surface area contributed by atoms with Gasteiger partial charge in [-0.3, -0.25) is 0 Å². The summed E-state index contributed by atoms with van der Waals surface area (Å²) in [6, 6.07) is 3.93. The second kappa shape index (κ2) is 7.22. The molecule has 3 aromatic rings. The van der Waals surface area contributed by atoms with Gasteiger partial charge in [0, 0.05) is 13.2 Å². The zero-order chi connectivity index (χ0) is 16.8. The Morgan fingerprint density at radius 1 is 1.39 bits per heavy atom. The van der Waals surface area contributed by atoms with Crippen LogP contribution in [0.2, 0.25) is 0 Å². The summed E-state index contributed by atoms with van der Waals surface area (Å²) < 4.78 is 1.97. The monoisotopic (exact) mass is 316 g/mol. The minimum atomic E-state index is 0.120. The number of aromatic nitrogens is 5. The first kappa shape index (κ1) is 16.2. The van der Waals surface area contributed by atoms with Crippen molar-refractivity contribution in [2.45, 2.75) is 0 Å². The molecule has 0 radical (unpaired) electrons. The number of hydrogen-bond acceptors (Lipinski definition) is 6. The normalized spacial score (nSPS) is 10.2. The number of rotatable bonds is 3. The molecule has 3 aromatic heterocycles. The van der Waals surface area contributed by atoms with Crippen LogP contribution in [0.25, 0.3) is 22.6 Å². The fraction of sp³-hybridized carbons (Fsp3) is 0.231. The van der Waals surface area contributed by atoms with Crippen LogP contribution in [0.15, 0.2) is 29.6 Å². The lowest BCUT2D eigenvalue weighted by Crippen LogP contribution is -2.24. The van der Waals surface area contributed by atoms with Gasteiger partial charge in [0.15, 0.2) is 11.6 Å². The van der Waals surface area contributed by atoms with Crippen molar-refractivity contribution in [1.29, 1.82) is 0 Å². The third-order valence-corrected chi connectivity index (χ3v) is 2.91. The van der Waals surface area contributed by atoms with Gasteiger partial charge in [0.1, 0.15) is 11.2 Å². The highest BCUT2D eigenvalue weighted by atomic mass is 15.1. The second-order valence-electron chi connectivity index (χ2n) is 4.63. The predicted molar refractivity (Wildman–Crippen MR) is 90.2 cm³/mol. The number of H-pyrrole nitrogens is 1. The molecule has 0 aliphatic rings. The number of hydrogen-bond donors (Lipinski definition) is 5. The number of nitrogen functional groups attached to an aromatic ring is 1. The molecular weight excluding hydrogens is 296 g/mol. The molecule has 122 valence electrons. The highest BCUT2D eigenvalue weighted by Gasteiger charge is 2.12. The van der Waals surface area contributed by atoms with Crippen molar-refractivity contribution in [1.82, 2.24) is 29.8 Å². The molecule has 0 aromatic carbocycles. The van der Waals surface area contributed by atoms with Gasteiger partial charge in [-0.15, -0.1) is 0 Å². The molecule has 8 N–H and O–H groups in total. The summed E-state index contributed by atoms with van der Waals surface area (Å²) in [7, 11) is 3.72. The van der Waals surface area contributed by atoms with E-state index >= 15 is 0 Å². The lowest BCUT2D eigenvalue weighted by atomic mass is 10.2. The Bertz CT molecular complexity index is 796. The highest BCUT2D eigenvalue weighted by Crippen LogP contribution is 2.24. The van der Waals surface area contributed by atoms with Crippen LogP contribution in [-0.4, -0.2) is 44.2 Å². The Morgan fingerprint density at radius 3 is 2.74 bits per heavy atom. The van der Waals surface area contributed by atoms with E-state index < -0.39 is 0 Å². The minimum absolute atomic E-state index is 0.120. The van der Waals surface area contributed by atoms with Crippen LogP contribution in [0.3, 0.4) is 0 Å². The number of nitrogens with two attached hydrogens (primary N) is 3. The molecule has 0 unspecified atom stereocenters. The molecule has 10 nitrogen and oxygen atoms in total. The first-order chi connectivity index (χ1) is 11.0. The van der Waals surface area contributed by atoms with Crippen LogP contribution in [0.5, 0.6) is 0 Å². The Hall–Kier alpha value is -3.14. The smallest absolute Gasteiger partial charge is 0.222 e. The molecule has 3 rings (SSSR count). The molecule has 3 heterocycles. The first-order valence-corrected chi connectivity index (χ1v) is 6.81. The standard InChI is InChI=1S/C10H10N6.C3H10N4/c1-16-4-2-3-6(16)7-8-9(13-5-12-8)15-10(11)14-7;1-6-2-7-3(4)5/h2-5H,1H3,(H3,11,12,13,14,15);6H,2H2,1H3,(H4,4,5,7). The molecule has 10 heteroatoms. The largest absolute Gasteiger partial charge is 0.370 e. The quantitative estimate of drug-likeness (QED) is 0.317. The van der Waals surface area contributed by atoms with Gasteiger partial charge in [0.05, 0.1) is 18.7 Å². The molecule has 23 heavy (non-hydrogen) atoms. The number of anilines is 1. The zero-order valence-corrected chi connectivity index (χ0v) is 13.0. The molecule has 0 amide bonds. The van der Waals surface area contributed by atoms with E-state index in [4.69, 9.17) is 17.2 Å². The van der Waals surface area contributed by atoms with Gasteiger partial charge in [0.2, 0.25) is 5.95 Å². The summed E-state index contributed by atoms with van der Waals surface area (Å²) >= 11 is 0. The molecule has 0 aliphatic heterocycles. The van der Waals surface area contributed by atoms with Crippen LogP contribution >= 0.6 is 0 Å². The molecule has 0 atom stereocenters. The van der Waals surface area contributed by atoms with Gasteiger partial charge in [-0.1, -0.05) is 0 Å². The third kappa shape index (κ3) is 3.95. The number of nitrogens with one attached hydrogen (secondary N) is 2. The van der Waals surface area contributed by atoms with E-state index in [0.29, 0.717) is 12.3 Å². The SMILES string of the molecule is CNCN=C(N)N.Cn1cccc1-c1nc(N)nc2nc[nH]c12. The molecule has 0 fully saturated rings. The van der Waals surface area contributed by atoms with Gasteiger partial charge in [-0.05, 0) is 19.2 Å². The van der Waals surface area contributed by atoms with Crippen LogP contribution in [0.4, 0.5) is 5.95 Å². The average Bonchev–Trinajstić information content (AvgIpc) is 3.13. The number of aryl methyl sites for hydroxylation is 1. The van der Waals surface area contributed by atoms with E-state index in [1.807, 2.05) is 29.9 Å². The van der Waals surface area contributed by atoms with Crippen molar-refractivity contribution < 1.29 is 0 Å². The molecular formula is C13H20N10. The predicted octanol–water partition coefficient (Wildman–Crippen LogP) is -0.623. The maximum atomic E-state index is 5.65. The zero-order valence-electron chi connectivity index (χ0n) is 13.0. The second-order valence-corrected chi connectivity index (χ2v) is 4.63. The number of aromatic amines is 1.